The quantitative estimate of drug-likeness (QED) is 0.796. The van der Waals surface area contributed by atoms with Crippen molar-refractivity contribution < 1.29 is 18.0 Å². The van der Waals surface area contributed by atoms with Crippen LogP contribution in [0.3, 0.4) is 0 Å². The van der Waals surface area contributed by atoms with Gasteiger partial charge in [-0.2, -0.15) is 13.2 Å². The molecule has 0 aliphatic heterocycles. The maximum Gasteiger partial charge on any atom is 0.416 e. The molecular formula is C11H10ClF3O. The summed E-state index contributed by atoms with van der Waals surface area (Å²) in [6.07, 6.45) is -4.46. The van der Waals surface area contributed by atoms with Gasteiger partial charge in [0.2, 0.25) is 0 Å². The normalized spacial score (nSPS) is 11.6. The van der Waals surface area contributed by atoms with Crippen LogP contribution >= 0.6 is 11.6 Å². The van der Waals surface area contributed by atoms with Crippen molar-refractivity contribution >= 4 is 17.4 Å². The van der Waals surface area contributed by atoms with Crippen LogP contribution in [0.1, 0.15) is 24.5 Å². The minimum Gasteiger partial charge on any atom is -0.299 e. The zero-order valence-corrected chi connectivity index (χ0v) is 9.32. The van der Waals surface area contributed by atoms with Crippen LogP contribution in [0.4, 0.5) is 13.2 Å². The van der Waals surface area contributed by atoms with Gasteiger partial charge in [-0.25, -0.2) is 0 Å². The van der Waals surface area contributed by atoms with E-state index < -0.39 is 11.7 Å². The van der Waals surface area contributed by atoms with E-state index in [2.05, 4.69) is 0 Å². The maximum atomic E-state index is 12.6. The zero-order valence-electron chi connectivity index (χ0n) is 8.57. The molecule has 0 saturated heterocycles. The molecule has 0 aromatic heterocycles. The van der Waals surface area contributed by atoms with Crippen LogP contribution in [-0.4, -0.2) is 5.78 Å². The van der Waals surface area contributed by atoms with Gasteiger partial charge in [0.1, 0.15) is 5.78 Å². The van der Waals surface area contributed by atoms with E-state index in [-0.39, 0.29) is 29.2 Å². The summed E-state index contributed by atoms with van der Waals surface area (Å²) in [5.41, 5.74) is -0.856. The van der Waals surface area contributed by atoms with E-state index in [1.165, 1.54) is 12.1 Å². The molecule has 0 aliphatic carbocycles. The molecule has 0 amide bonds. The monoisotopic (exact) mass is 250 g/mol. The van der Waals surface area contributed by atoms with Crippen LogP contribution in [0.2, 0.25) is 5.02 Å². The molecule has 0 spiro atoms. The van der Waals surface area contributed by atoms with Crippen LogP contribution in [0.25, 0.3) is 0 Å². The van der Waals surface area contributed by atoms with Crippen LogP contribution in [0.15, 0.2) is 18.2 Å². The Morgan fingerprint density at radius 2 is 2.00 bits per heavy atom. The molecule has 1 aromatic carbocycles. The molecule has 0 bridgehead atoms. The third-order valence-corrected chi connectivity index (χ3v) is 2.39. The summed E-state index contributed by atoms with van der Waals surface area (Å²) >= 11 is 5.51. The Bertz CT molecular complexity index is 399. The maximum absolute atomic E-state index is 12.6. The average Bonchev–Trinajstić information content (AvgIpc) is 2.19. The molecule has 0 atom stereocenters. The Hall–Kier alpha value is -1.03. The summed E-state index contributed by atoms with van der Waals surface area (Å²) in [6, 6.07) is 3.45. The second kappa shape index (κ2) is 4.87. The number of rotatable bonds is 3. The third kappa shape index (κ3) is 3.23. The fraction of sp³-hybridized carbons (Fsp3) is 0.364. The standard InChI is InChI=1S/C11H10ClF3O/c1-2-9(16)5-7-3-4-8(12)6-10(7)11(13,14)15/h3-4,6H,2,5H2,1H3. The van der Waals surface area contributed by atoms with Gasteiger partial charge in [-0.05, 0) is 17.7 Å². The summed E-state index contributed by atoms with van der Waals surface area (Å²) in [6.45, 7) is 1.62. The lowest BCUT2D eigenvalue weighted by molar-refractivity contribution is -0.138. The summed E-state index contributed by atoms with van der Waals surface area (Å²) in [5, 5.41) is 0.0139. The highest BCUT2D eigenvalue weighted by atomic mass is 35.5. The van der Waals surface area contributed by atoms with Gasteiger partial charge in [-0.1, -0.05) is 24.6 Å². The van der Waals surface area contributed by atoms with Crippen molar-refractivity contribution in [1.82, 2.24) is 0 Å². The third-order valence-electron chi connectivity index (χ3n) is 2.16. The van der Waals surface area contributed by atoms with Gasteiger partial charge in [0.25, 0.3) is 0 Å². The first-order valence-electron chi connectivity index (χ1n) is 4.72. The average molecular weight is 251 g/mol. The zero-order chi connectivity index (χ0) is 12.3. The molecule has 16 heavy (non-hydrogen) atoms. The van der Waals surface area contributed by atoms with Crippen LogP contribution in [0, 0.1) is 0 Å². The van der Waals surface area contributed by atoms with E-state index in [0.29, 0.717) is 0 Å². The second-order valence-electron chi connectivity index (χ2n) is 3.37. The van der Waals surface area contributed by atoms with Gasteiger partial charge in [0, 0.05) is 17.9 Å². The van der Waals surface area contributed by atoms with E-state index in [4.69, 9.17) is 11.6 Å². The lowest BCUT2D eigenvalue weighted by atomic mass is 10.0. The summed E-state index contributed by atoms with van der Waals surface area (Å²) in [4.78, 5) is 11.1. The topological polar surface area (TPSA) is 17.1 Å². The number of halogens is 4. The highest BCUT2D eigenvalue weighted by Gasteiger charge is 2.33. The minimum atomic E-state index is -4.48. The van der Waals surface area contributed by atoms with Crippen LogP contribution in [0.5, 0.6) is 0 Å². The van der Waals surface area contributed by atoms with E-state index in [1.54, 1.807) is 6.92 Å². The molecule has 88 valence electrons. The fourth-order valence-electron chi connectivity index (χ4n) is 1.30. The van der Waals surface area contributed by atoms with Gasteiger partial charge < -0.3 is 0 Å². The van der Waals surface area contributed by atoms with E-state index in [1.807, 2.05) is 0 Å². The van der Waals surface area contributed by atoms with Gasteiger partial charge >= 0.3 is 6.18 Å². The Labute approximate surface area is 96.2 Å². The predicted octanol–water partition coefficient (Wildman–Crippen LogP) is 3.88. The molecular weight excluding hydrogens is 241 g/mol. The Morgan fingerprint density at radius 3 is 2.50 bits per heavy atom. The summed E-state index contributed by atoms with van der Waals surface area (Å²) in [7, 11) is 0. The minimum absolute atomic E-state index is 0.0139. The molecule has 0 N–H and O–H groups in total. The SMILES string of the molecule is CCC(=O)Cc1ccc(Cl)cc1C(F)(F)F. The Kier molecular flexibility index (Phi) is 3.97. The smallest absolute Gasteiger partial charge is 0.299 e. The number of carbonyl (C=O) groups is 1. The van der Waals surface area contributed by atoms with Crippen LogP contribution in [-0.2, 0) is 17.4 Å². The van der Waals surface area contributed by atoms with Crippen molar-refractivity contribution in [1.29, 1.82) is 0 Å². The van der Waals surface area contributed by atoms with Crippen molar-refractivity contribution in [3.8, 4) is 0 Å². The van der Waals surface area contributed by atoms with Crippen molar-refractivity contribution in [3.05, 3.63) is 34.3 Å². The van der Waals surface area contributed by atoms with Crippen molar-refractivity contribution in [2.75, 3.05) is 0 Å². The first kappa shape index (κ1) is 13.0. The Morgan fingerprint density at radius 1 is 1.38 bits per heavy atom. The molecule has 0 heterocycles. The van der Waals surface area contributed by atoms with Gasteiger partial charge in [-0.3, -0.25) is 4.79 Å². The lowest BCUT2D eigenvalue weighted by Crippen LogP contribution is -2.12. The van der Waals surface area contributed by atoms with Gasteiger partial charge in [-0.15, -0.1) is 0 Å². The molecule has 1 nitrogen and oxygen atoms in total. The molecule has 1 aromatic rings. The predicted molar refractivity (Wildman–Crippen MR) is 55.5 cm³/mol. The molecule has 5 heteroatoms. The molecule has 0 fully saturated rings. The largest absolute Gasteiger partial charge is 0.416 e. The Balaban J connectivity index is 3.13. The fourth-order valence-corrected chi connectivity index (χ4v) is 1.48. The number of Topliss-reactive ketones (excluding diaryl/α,β-unsaturated/α-hetero) is 1. The number of ketones is 1. The van der Waals surface area contributed by atoms with Crippen LogP contribution < -0.4 is 0 Å². The molecule has 0 aliphatic rings. The van der Waals surface area contributed by atoms with Crippen molar-refractivity contribution in [2.45, 2.75) is 25.9 Å². The van der Waals surface area contributed by atoms with Crippen molar-refractivity contribution in [3.63, 3.8) is 0 Å². The van der Waals surface area contributed by atoms with Crippen molar-refractivity contribution in [2.24, 2.45) is 0 Å². The second-order valence-corrected chi connectivity index (χ2v) is 3.80. The number of carbonyl (C=O) groups excluding carboxylic acids is 1. The number of hydrogen-bond donors (Lipinski definition) is 0. The van der Waals surface area contributed by atoms with E-state index in [0.717, 1.165) is 6.07 Å². The number of alkyl halides is 3. The number of hydrogen-bond acceptors (Lipinski definition) is 1. The highest BCUT2D eigenvalue weighted by molar-refractivity contribution is 6.30. The first-order chi connectivity index (χ1) is 7.34. The van der Waals surface area contributed by atoms with E-state index in [9.17, 15) is 18.0 Å². The van der Waals surface area contributed by atoms with E-state index >= 15 is 0 Å². The molecule has 1 rings (SSSR count). The summed E-state index contributed by atoms with van der Waals surface area (Å²) in [5.74, 6) is -0.229. The molecule has 0 radical (unpaired) electrons. The highest BCUT2D eigenvalue weighted by Crippen LogP contribution is 2.34. The first-order valence-corrected chi connectivity index (χ1v) is 5.09. The van der Waals surface area contributed by atoms with Gasteiger partial charge in [0.05, 0.1) is 5.56 Å². The summed E-state index contributed by atoms with van der Waals surface area (Å²) < 4.78 is 37.8. The number of benzene rings is 1. The lowest BCUT2D eigenvalue weighted by Gasteiger charge is -2.12. The molecule has 0 saturated carbocycles. The molecule has 0 unspecified atom stereocenters. The van der Waals surface area contributed by atoms with Gasteiger partial charge in [0.15, 0.2) is 0 Å².